The zero-order valence-corrected chi connectivity index (χ0v) is 10.2. The van der Waals surface area contributed by atoms with Crippen molar-refractivity contribution in [3.05, 3.63) is 17.2 Å². The largest absolute Gasteiger partial charge is 0.321 e. The molecule has 3 heterocycles. The second-order valence-electron chi connectivity index (χ2n) is 4.93. The van der Waals surface area contributed by atoms with E-state index in [1.807, 2.05) is 11.6 Å². The summed E-state index contributed by atoms with van der Waals surface area (Å²) in [5.74, 6) is 2.75. The van der Waals surface area contributed by atoms with Gasteiger partial charge in [0.1, 0.15) is 11.0 Å². The van der Waals surface area contributed by atoms with E-state index < -0.39 is 0 Å². The van der Waals surface area contributed by atoms with E-state index in [0.717, 1.165) is 29.4 Å². The fourth-order valence-corrected chi connectivity index (χ4v) is 3.00. The maximum Gasteiger partial charge on any atom is 0.128 e. The molecule has 2 atom stereocenters. The molecule has 1 N–H and O–H groups in total. The van der Waals surface area contributed by atoms with Gasteiger partial charge in [0.25, 0.3) is 0 Å². The molecule has 0 aromatic carbocycles. The minimum absolute atomic E-state index is 0.719. The van der Waals surface area contributed by atoms with Gasteiger partial charge in [0, 0.05) is 20.1 Å². The number of rotatable bonds is 2. The number of hydrogen-bond donors (Lipinski definition) is 1. The van der Waals surface area contributed by atoms with Gasteiger partial charge in [-0.1, -0.05) is 11.6 Å². The SMILES string of the molecule is Cn1c(Cl)cnc1CN1C[C@H]2CNC[C@H]2C1. The molecule has 2 aliphatic rings. The van der Waals surface area contributed by atoms with Gasteiger partial charge in [0.15, 0.2) is 0 Å². The molecule has 2 fully saturated rings. The van der Waals surface area contributed by atoms with Crippen molar-refractivity contribution in [2.75, 3.05) is 26.2 Å². The fourth-order valence-electron chi connectivity index (χ4n) is 2.85. The highest BCUT2D eigenvalue weighted by Crippen LogP contribution is 2.27. The van der Waals surface area contributed by atoms with Crippen molar-refractivity contribution in [3.63, 3.8) is 0 Å². The normalized spacial score (nSPS) is 29.9. The van der Waals surface area contributed by atoms with E-state index >= 15 is 0 Å². The van der Waals surface area contributed by atoms with Crippen LogP contribution in [0, 0.1) is 11.8 Å². The number of nitrogens with zero attached hydrogens (tertiary/aromatic N) is 3. The molecule has 0 saturated carbocycles. The van der Waals surface area contributed by atoms with Gasteiger partial charge in [-0.2, -0.15) is 0 Å². The van der Waals surface area contributed by atoms with Crippen molar-refractivity contribution < 1.29 is 0 Å². The Balaban J connectivity index is 1.66. The quantitative estimate of drug-likeness (QED) is 0.827. The lowest BCUT2D eigenvalue weighted by atomic mass is 10.0. The minimum Gasteiger partial charge on any atom is -0.321 e. The first-order chi connectivity index (χ1) is 7.74. The van der Waals surface area contributed by atoms with E-state index in [4.69, 9.17) is 11.6 Å². The maximum atomic E-state index is 5.98. The van der Waals surface area contributed by atoms with Crippen molar-refractivity contribution in [3.8, 4) is 0 Å². The summed E-state index contributed by atoms with van der Waals surface area (Å²) in [5.41, 5.74) is 0. The van der Waals surface area contributed by atoms with Gasteiger partial charge >= 0.3 is 0 Å². The van der Waals surface area contributed by atoms with Crippen LogP contribution in [0.1, 0.15) is 5.82 Å². The van der Waals surface area contributed by atoms with E-state index in [2.05, 4.69) is 15.2 Å². The Morgan fingerprint density at radius 2 is 2.12 bits per heavy atom. The molecule has 4 nitrogen and oxygen atoms in total. The third-order valence-electron chi connectivity index (χ3n) is 3.86. The Morgan fingerprint density at radius 1 is 1.44 bits per heavy atom. The number of imidazole rings is 1. The number of aromatic nitrogens is 2. The van der Waals surface area contributed by atoms with E-state index in [9.17, 15) is 0 Å². The summed E-state index contributed by atoms with van der Waals surface area (Å²) in [7, 11) is 1.98. The number of nitrogens with one attached hydrogen (secondary N) is 1. The van der Waals surface area contributed by atoms with Gasteiger partial charge in [-0.25, -0.2) is 4.98 Å². The van der Waals surface area contributed by atoms with Gasteiger partial charge in [-0.15, -0.1) is 0 Å². The molecule has 2 saturated heterocycles. The molecule has 16 heavy (non-hydrogen) atoms. The highest BCUT2D eigenvalue weighted by molar-refractivity contribution is 6.29. The molecule has 0 bridgehead atoms. The molecule has 1 aromatic heterocycles. The predicted molar refractivity (Wildman–Crippen MR) is 63.3 cm³/mol. The van der Waals surface area contributed by atoms with Gasteiger partial charge in [0.2, 0.25) is 0 Å². The average Bonchev–Trinajstić information content (AvgIpc) is 2.88. The molecule has 0 radical (unpaired) electrons. The van der Waals surface area contributed by atoms with Crippen molar-refractivity contribution in [2.45, 2.75) is 6.54 Å². The molecule has 1 aromatic rings. The van der Waals surface area contributed by atoms with Crippen LogP contribution in [0.4, 0.5) is 0 Å². The predicted octanol–water partition coefficient (Wildman–Crippen LogP) is 0.725. The Morgan fingerprint density at radius 3 is 2.69 bits per heavy atom. The van der Waals surface area contributed by atoms with Crippen molar-refractivity contribution in [2.24, 2.45) is 18.9 Å². The molecule has 3 rings (SSSR count). The number of hydrogen-bond acceptors (Lipinski definition) is 3. The number of likely N-dealkylation sites (tertiary alicyclic amines) is 1. The average molecular weight is 241 g/mol. The molecule has 0 spiro atoms. The molecule has 88 valence electrons. The van der Waals surface area contributed by atoms with Crippen LogP contribution in [0.3, 0.4) is 0 Å². The Kier molecular flexibility index (Phi) is 2.65. The highest BCUT2D eigenvalue weighted by atomic mass is 35.5. The maximum absolute atomic E-state index is 5.98. The summed E-state index contributed by atoms with van der Waals surface area (Å²) < 4.78 is 1.97. The van der Waals surface area contributed by atoms with Crippen LogP contribution in [-0.2, 0) is 13.6 Å². The molecule has 0 aliphatic carbocycles. The summed E-state index contributed by atoms with van der Waals surface area (Å²) >= 11 is 5.98. The van der Waals surface area contributed by atoms with E-state index in [1.165, 1.54) is 26.2 Å². The highest BCUT2D eigenvalue weighted by Gasteiger charge is 2.36. The standard InChI is InChI=1S/C11H17ClN4/c1-15-10(12)4-14-11(15)7-16-5-8-2-13-3-9(8)6-16/h4,8-9,13H,2-3,5-7H2,1H3/t8-,9+. The van der Waals surface area contributed by atoms with Crippen LogP contribution in [0.15, 0.2) is 6.20 Å². The monoisotopic (exact) mass is 240 g/mol. The molecule has 5 heteroatoms. The summed E-state index contributed by atoms with van der Waals surface area (Å²) in [6, 6.07) is 0. The first-order valence-corrected chi connectivity index (χ1v) is 6.21. The second-order valence-corrected chi connectivity index (χ2v) is 5.32. The summed E-state index contributed by atoms with van der Waals surface area (Å²) in [6.07, 6.45) is 1.73. The summed E-state index contributed by atoms with van der Waals surface area (Å²) in [4.78, 5) is 6.84. The minimum atomic E-state index is 0.719. The topological polar surface area (TPSA) is 33.1 Å². The smallest absolute Gasteiger partial charge is 0.128 e. The van der Waals surface area contributed by atoms with E-state index in [0.29, 0.717) is 0 Å². The van der Waals surface area contributed by atoms with E-state index in [-0.39, 0.29) is 0 Å². The molecule has 0 unspecified atom stereocenters. The zero-order valence-electron chi connectivity index (χ0n) is 9.49. The van der Waals surface area contributed by atoms with Gasteiger partial charge < -0.3 is 9.88 Å². The lowest BCUT2D eigenvalue weighted by molar-refractivity contribution is 0.295. The van der Waals surface area contributed by atoms with Crippen molar-refractivity contribution in [1.29, 1.82) is 0 Å². The van der Waals surface area contributed by atoms with Crippen LogP contribution >= 0.6 is 11.6 Å². The van der Waals surface area contributed by atoms with Crippen LogP contribution in [0.25, 0.3) is 0 Å². The van der Waals surface area contributed by atoms with Gasteiger partial charge in [0.05, 0.1) is 12.7 Å². The van der Waals surface area contributed by atoms with Crippen LogP contribution in [0.2, 0.25) is 5.15 Å². The first-order valence-electron chi connectivity index (χ1n) is 5.83. The van der Waals surface area contributed by atoms with Crippen LogP contribution in [-0.4, -0.2) is 40.6 Å². The molecule has 2 aliphatic heterocycles. The van der Waals surface area contributed by atoms with Crippen molar-refractivity contribution >= 4 is 11.6 Å². The summed E-state index contributed by atoms with van der Waals surface area (Å²) in [6.45, 7) is 5.69. The van der Waals surface area contributed by atoms with Gasteiger partial charge in [-0.3, -0.25) is 4.90 Å². The zero-order chi connectivity index (χ0) is 11.1. The molecular weight excluding hydrogens is 224 g/mol. The Hall–Kier alpha value is -0.580. The lowest BCUT2D eigenvalue weighted by Gasteiger charge is -2.16. The van der Waals surface area contributed by atoms with Crippen molar-refractivity contribution in [1.82, 2.24) is 19.8 Å². The molecule has 0 amide bonds. The third-order valence-corrected chi connectivity index (χ3v) is 4.21. The fraction of sp³-hybridized carbons (Fsp3) is 0.727. The van der Waals surface area contributed by atoms with Crippen LogP contribution < -0.4 is 5.32 Å². The Bertz CT molecular complexity index is 377. The van der Waals surface area contributed by atoms with Crippen LogP contribution in [0.5, 0.6) is 0 Å². The summed E-state index contributed by atoms with van der Waals surface area (Å²) in [5, 5.41) is 4.17. The molecular formula is C11H17ClN4. The number of halogens is 1. The number of fused-ring (bicyclic) bond motifs is 1. The lowest BCUT2D eigenvalue weighted by Crippen LogP contribution is -2.26. The van der Waals surface area contributed by atoms with Gasteiger partial charge in [-0.05, 0) is 24.9 Å². The Labute approximate surface area is 101 Å². The van der Waals surface area contributed by atoms with E-state index in [1.54, 1.807) is 6.20 Å². The first kappa shape index (κ1) is 10.6. The third kappa shape index (κ3) is 1.75. The second kappa shape index (κ2) is 4.02.